The third kappa shape index (κ3) is 7.73. The van der Waals surface area contributed by atoms with Gasteiger partial charge in [-0.2, -0.15) is 0 Å². The number of rotatable bonds is 7. The molecule has 0 bridgehead atoms. The summed E-state index contributed by atoms with van der Waals surface area (Å²) < 4.78 is 0. The van der Waals surface area contributed by atoms with Crippen molar-refractivity contribution in [1.29, 1.82) is 0 Å². The van der Waals surface area contributed by atoms with Gasteiger partial charge >= 0.3 is 0 Å². The molecule has 0 aromatic heterocycles. The van der Waals surface area contributed by atoms with Gasteiger partial charge in [0.1, 0.15) is 5.78 Å². The summed E-state index contributed by atoms with van der Waals surface area (Å²) in [6.45, 7) is 5.20. The van der Waals surface area contributed by atoms with E-state index in [2.05, 4.69) is 19.2 Å². The van der Waals surface area contributed by atoms with E-state index in [1.807, 2.05) is 7.05 Å². The van der Waals surface area contributed by atoms with Crippen molar-refractivity contribution in [3.8, 4) is 0 Å². The van der Waals surface area contributed by atoms with Crippen molar-refractivity contribution >= 4 is 5.78 Å². The van der Waals surface area contributed by atoms with Crippen molar-refractivity contribution in [1.82, 2.24) is 5.32 Å². The van der Waals surface area contributed by atoms with Crippen molar-refractivity contribution < 1.29 is 4.79 Å². The van der Waals surface area contributed by atoms with Gasteiger partial charge in [0, 0.05) is 12.8 Å². The highest BCUT2D eigenvalue weighted by atomic mass is 16.1. The number of nitrogens with one attached hydrogen (secondary N) is 1. The monoisotopic (exact) mass is 171 g/mol. The van der Waals surface area contributed by atoms with Gasteiger partial charge in [-0.15, -0.1) is 0 Å². The maximum atomic E-state index is 11.2. The molecule has 1 N–H and O–H groups in total. The van der Waals surface area contributed by atoms with Gasteiger partial charge in [-0.1, -0.05) is 13.8 Å². The Balaban J connectivity index is 3.20. The Kier molecular flexibility index (Phi) is 7.06. The smallest absolute Gasteiger partial charge is 0.133 e. The van der Waals surface area contributed by atoms with Gasteiger partial charge in [0.2, 0.25) is 0 Å². The largest absolute Gasteiger partial charge is 0.320 e. The molecule has 0 aliphatic heterocycles. The highest BCUT2D eigenvalue weighted by molar-refractivity contribution is 5.78. The van der Waals surface area contributed by atoms with Gasteiger partial charge in [0.25, 0.3) is 0 Å². The van der Waals surface area contributed by atoms with Crippen LogP contribution < -0.4 is 5.32 Å². The maximum absolute atomic E-state index is 11.2. The number of ketones is 1. The second-order valence-electron chi connectivity index (χ2n) is 3.70. The predicted molar refractivity (Wildman–Crippen MR) is 52.2 cm³/mol. The molecule has 72 valence electrons. The quantitative estimate of drug-likeness (QED) is 0.593. The summed E-state index contributed by atoms with van der Waals surface area (Å²) in [5.41, 5.74) is 0. The fourth-order valence-corrected chi connectivity index (χ4v) is 1.18. The molecule has 0 unspecified atom stereocenters. The van der Waals surface area contributed by atoms with Crippen LogP contribution in [0.3, 0.4) is 0 Å². The summed E-state index contributed by atoms with van der Waals surface area (Å²) in [6.07, 6.45) is 3.66. The molecule has 0 saturated heterocycles. The van der Waals surface area contributed by atoms with Gasteiger partial charge in [-0.25, -0.2) is 0 Å². The maximum Gasteiger partial charge on any atom is 0.133 e. The first kappa shape index (κ1) is 11.6. The van der Waals surface area contributed by atoms with Gasteiger partial charge in [-0.3, -0.25) is 4.79 Å². The Morgan fingerprint density at radius 2 is 2.00 bits per heavy atom. The SMILES string of the molecule is CNCCCCC(=O)CC(C)C. The first-order valence-electron chi connectivity index (χ1n) is 4.83. The highest BCUT2D eigenvalue weighted by Gasteiger charge is 2.03. The summed E-state index contributed by atoms with van der Waals surface area (Å²) in [6, 6.07) is 0. The van der Waals surface area contributed by atoms with E-state index in [0.29, 0.717) is 11.7 Å². The number of unbranched alkanes of at least 4 members (excludes halogenated alkanes) is 1. The molecule has 0 rings (SSSR count). The summed E-state index contributed by atoms with van der Waals surface area (Å²) in [7, 11) is 1.94. The third-order valence-corrected chi connectivity index (χ3v) is 1.77. The minimum absolute atomic E-state index is 0.418. The van der Waals surface area contributed by atoms with Crippen LogP contribution in [-0.2, 0) is 4.79 Å². The van der Waals surface area contributed by atoms with Crippen LogP contribution in [0.25, 0.3) is 0 Å². The van der Waals surface area contributed by atoms with Crippen LogP contribution >= 0.6 is 0 Å². The first-order chi connectivity index (χ1) is 5.66. The Morgan fingerprint density at radius 3 is 2.50 bits per heavy atom. The van der Waals surface area contributed by atoms with Crippen LogP contribution in [0.4, 0.5) is 0 Å². The first-order valence-corrected chi connectivity index (χ1v) is 4.83. The van der Waals surface area contributed by atoms with Crippen LogP contribution in [-0.4, -0.2) is 19.4 Å². The van der Waals surface area contributed by atoms with Crippen LogP contribution in [0.15, 0.2) is 0 Å². The molecule has 2 heteroatoms. The summed E-state index contributed by atoms with van der Waals surface area (Å²) in [4.78, 5) is 11.2. The lowest BCUT2D eigenvalue weighted by atomic mass is 10.0. The lowest BCUT2D eigenvalue weighted by molar-refractivity contribution is -0.119. The normalized spacial score (nSPS) is 10.7. The summed E-state index contributed by atoms with van der Waals surface area (Å²) in [5, 5.41) is 3.07. The topological polar surface area (TPSA) is 29.1 Å². The lowest BCUT2D eigenvalue weighted by Gasteiger charge is -2.03. The van der Waals surface area contributed by atoms with Crippen molar-refractivity contribution in [2.24, 2.45) is 5.92 Å². The molecule has 0 aromatic carbocycles. The third-order valence-electron chi connectivity index (χ3n) is 1.77. The predicted octanol–water partition coefficient (Wildman–Crippen LogP) is 1.99. The molecule has 0 atom stereocenters. The Hall–Kier alpha value is -0.370. The van der Waals surface area contributed by atoms with E-state index in [-0.39, 0.29) is 0 Å². The Labute approximate surface area is 75.7 Å². The van der Waals surface area contributed by atoms with Gasteiger partial charge in [-0.05, 0) is 32.4 Å². The number of carbonyl (C=O) groups is 1. The van der Waals surface area contributed by atoms with E-state index in [9.17, 15) is 4.79 Å². The van der Waals surface area contributed by atoms with E-state index >= 15 is 0 Å². The van der Waals surface area contributed by atoms with Crippen LogP contribution in [0.2, 0.25) is 0 Å². The molecule has 0 heterocycles. The zero-order chi connectivity index (χ0) is 9.40. The number of hydrogen-bond acceptors (Lipinski definition) is 2. The zero-order valence-electron chi connectivity index (χ0n) is 8.52. The minimum atomic E-state index is 0.418. The van der Waals surface area contributed by atoms with Gasteiger partial charge < -0.3 is 5.32 Å². The number of hydrogen-bond donors (Lipinski definition) is 1. The van der Waals surface area contributed by atoms with Crippen molar-refractivity contribution in [2.75, 3.05) is 13.6 Å². The van der Waals surface area contributed by atoms with E-state index in [1.165, 1.54) is 0 Å². The van der Waals surface area contributed by atoms with E-state index in [4.69, 9.17) is 0 Å². The Morgan fingerprint density at radius 1 is 1.33 bits per heavy atom. The fourth-order valence-electron chi connectivity index (χ4n) is 1.18. The average molecular weight is 171 g/mol. The molecule has 12 heavy (non-hydrogen) atoms. The molecule has 0 fully saturated rings. The molecule has 0 radical (unpaired) electrons. The molecule has 2 nitrogen and oxygen atoms in total. The van der Waals surface area contributed by atoms with E-state index in [1.54, 1.807) is 0 Å². The van der Waals surface area contributed by atoms with Crippen LogP contribution in [0, 0.1) is 5.92 Å². The molecule has 0 saturated carbocycles. The van der Waals surface area contributed by atoms with Crippen LogP contribution in [0.5, 0.6) is 0 Å². The number of carbonyl (C=O) groups excluding carboxylic acids is 1. The fraction of sp³-hybridized carbons (Fsp3) is 0.900. The Bertz CT molecular complexity index is 121. The van der Waals surface area contributed by atoms with Crippen LogP contribution in [0.1, 0.15) is 39.5 Å². The van der Waals surface area contributed by atoms with E-state index in [0.717, 1.165) is 32.2 Å². The molecule has 0 aliphatic rings. The van der Waals surface area contributed by atoms with E-state index < -0.39 is 0 Å². The average Bonchev–Trinajstić information content (AvgIpc) is 1.97. The molecule has 0 aliphatic carbocycles. The molecular formula is C10H21NO. The molecule has 0 spiro atoms. The minimum Gasteiger partial charge on any atom is -0.320 e. The second-order valence-corrected chi connectivity index (χ2v) is 3.70. The second kappa shape index (κ2) is 7.29. The lowest BCUT2D eigenvalue weighted by Crippen LogP contribution is -2.08. The van der Waals surface area contributed by atoms with Gasteiger partial charge in [0.05, 0.1) is 0 Å². The van der Waals surface area contributed by atoms with Gasteiger partial charge in [0.15, 0.2) is 0 Å². The highest BCUT2D eigenvalue weighted by Crippen LogP contribution is 2.05. The zero-order valence-corrected chi connectivity index (χ0v) is 8.52. The number of Topliss-reactive ketones (excluding diaryl/α,β-unsaturated/α-hetero) is 1. The van der Waals surface area contributed by atoms with Crippen molar-refractivity contribution in [3.63, 3.8) is 0 Å². The molecule has 0 aromatic rings. The molecule has 0 amide bonds. The van der Waals surface area contributed by atoms with Crippen molar-refractivity contribution in [3.05, 3.63) is 0 Å². The summed E-state index contributed by atoms with van der Waals surface area (Å²) in [5.74, 6) is 0.933. The molecular weight excluding hydrogens is 150 g/mol. The summed E-state index contributed by atoms with van der Waals surface area (Å²) >= 11 is 0. The van der Waals surface area contributed by atoms with Crippen molar-refractivity contribution in [2.45, 2.75) is 39.5 Å². The standard InChI is InChI=1S/C10H21NO/c1-9(2)8-10(12)6-4-5-7-11-3/h9,11H,4-8H2,1-3H3.